The van der Waals surface area contributed by atoms with E-state index in [-0.39, 0.29) is 18.4 Å². The summed E-state index contributed by atoms with van der Waals surface area (Å²) in [5, 5.41) is 0. The SMILES string of the molecule is COc1cc(C=C2N=C(c3ccccc3)OC2=O)c(OC)c2c1OCO2. The van der Waals surface area contributed by atoms with Crippen LogP contribution in [0.1, 0.15) is 11.1 Å². The fourth-order valence-corrected chi connectivity index (χ4v) is 2.76. The summed E-state index contributed by atoms with van der Waals surface area (Å²) < 4.78 is 26.9. The maximum absolute atomic E-state index is 12.2. The molecule has 2 aromatic rings. The molecule has 2 aliphatic heterocycles. The topological polar surface area (TPSA) is 75.6 Å². The second-order valence-corrected chi connectivity index (χ2v) is 5.47. The summed E-state index contributed by atoms with van der Waals surface area (Å²) in [7, 11) is 3.04. The molecule has 0 bridgehead atoms. The van der Waals surface area contributed by atoms with E-state index in [1.54, 1.807) is 12.1 Å². The summed E-state index contributed by atoms with van der Waals surface area (Å²) in [5.41, 5.74) is 1.45. The Labute approximate surface area is 149 Å². The number of hydrogen-bond acceptors (Lipinski definition) is 7. The molecule has 0 spiro atoms. The molecule has 0 atom stereocenters. The second-order valence-electron chi connectivity index (χ2n) is 5.47. The predicted molar refractivity (Wildman–Crippen MR) is 92.7 cm³/mol. The Hall–Kier alpha value is -3.48. The highest BCUT2D eigenvalue weighted by Gasteiger charge is 2.29. The van der Waals surface area contributed by atoms with Crippen molar-refractivity contribution in [3.63, 3.8) is 0 Å². The van der Waals surface area contributed by atoms with Crippen molar-refractivity contribution in [3.8, 4) is 23.0 Å². The number of benzene rings is 2. The summed E-state index contributed by atoms with van der Waals surface area (Å²) in [6.45, 7) is 0.0699. The summed E-state index contributed by atoms with van der Waals surface area (Å²) >= 11 is 0. The van der Waals surface area contributed by atoms with Crippen LogP contribution in [0.15, 0.2) is 47.1 Å². The summed E-state index contributed by atoms with van der Waals surface area (Å²) in [5.74, 6) is 1.52. The number of rotatable bonds is 4. The second kappa shape index (κ2) is 6.44. The van der Waals surface area contributed by atoms with Gasteiger partial charge in [-0.15, -0.1) is 0 Å². The minimum absolute atomic E-state index is 0.0699. The molecule has 0 aliphatic carbocycles. The van der Waals surface area contributed by atoms with E-state index in [1.165, 1.54) is 14.2 Å². The molecule has 2 aromatic carbocycles. The number of hydrogen-bond donors (Lipinski definition) is 0. The van der Waals surface area contributed by atoms with Gasteiger partial charge in [0.2, 0.25) is 24.2 Å². The highest BCUT2D eigenvalue weighted by Crippen LogP contribution is 2.50. The third kappa shape index (κ3) is 2.63. The number of aliphatic imine (C=N–C) groups is 1. The van der Waals surface area contributed by atoms with Gasteiger partial charge in [-0.1, -0.05) is 18.2 Å². The Morgan fingerprint density at radius 3 is 2.58 bits per heavy atom. The van der Waals surface area contributed by atoms with E-state index in [9.17, 15) is 4.79 Å². The normalized spacial score (nSPS) is 16.5. The number of ether oxygens (including phenoxy) is 5. The zero-order valence-electron chi connectivity index (χ0n) is 14.1. The van der Waals surface area contributed by atoms with Crippen LogP contribution in [0.5, 0.6) is 23.0 Å². The molecule has 0 unspecified atom stereocenters. The zero-order chi connectivity index (χ0) is 18.1. The molecule has 2 heterocycles. The molecule has 0 aromatic heterocycles. The summed E-state index contributed by atoms with van der Waals surface area (Å²) in [6.07, 6.45) is 1.57. The zero-order valence-corrected chi connectivity index (χ0v) is 14.1. The maximum atomic E-state index is 12.2. The van der Waals surface area contributed by atoms with E-state index >= 15 is 0 Å². The Morgan fingerprint density at radius 2 is 1.85 bits per heavy atom. The van der Waals surface area contributed by atoms with Gasteiger partial charge in [-0.25, -0.2) is 9.79 Å². The molecular weight excluding hydrogens is 338 g/mol. The first kappa shape index (κ1) is 16.0. The largest absolute Gasteiger partial charge is 0.493 e. The van der Waals surface area contributed by atoms with Gasteiger partial charge in [-0.2, -0.15) is 0 Å². The number of nitrogens with zero attached hydrogens (tertiary/aromatic N) is 1. The quantitative estimate of drug-likeness (QED) is 0.621. The first-order valence-electron chi connectivity index (χ1n) is 7.84. The van der Waals surface area contributed by atoms with Crippen molar-refractivity contribution in [3.05, 3.63) is 53.2 Å². The van der Waals surface area contributed by atoms with Gasteiger partial charge < -0.3 is 23.7 Å². The fourth-order valence-electron chi connectivity index (χ4n) is 2.76. The highest BCUT2D eigenvalue weighted by molar-refractivity contribution is 6.13. The number of esters is 1. The van der Waals surface area contributed by atoms with Crippen LogP contribution < -0.4 is 18.9 Å². The van der Waals surface area contributed by atoms with E-state index in [0.717, 1.165) is 5.56 Å². The third-order valence-electron chi connectivity index (χ3n) is 3.95. The number of carbonyl (C=O) groups is 1. The van der Waals surface area contributed by atoms with Crippen LogP contribution >= 0.6 is 0 Å². The van der Waals surface area contributed by atoms with Gasteiger partial charge in [0.05, 0.1) is 14.2 Å². The summed E-state index contributed by atoms with van der Waals surface area (Å²) in [6, 6.07) is 10.9. The molecular formula is C19H15NO6. The minimum atomic E-state index is -0.539. The predicted octanol–water partition coefficient (Wildman–Crippen LogP) is 2.78. The van der Waals surface area contributed by atoms with Crippen molar-refractivity contribution in [1.29, 1.82) is 0 Å². The Bertz CT molecular complexity index is 933. The molecule has 4 rings (SSSR count). The molecule has 0 saturated carbocycles. The molecule has 2 aliphatic rings. The van der Waals surface area contributed by atoms with E-state index < -0.39 is 5.97 Å². The van der Waals surface area contributed by atoms with E-state index in [1.807, 2.05) is 30.3 Å². The van der Waals surface area contributed by atoms with Crippen LogP contribution in [0.2, 0.25) is 0 Å². The first-order chi connectivity index (χ1) is 12.7. The molecule has 7 heteroatoms. The van der Waals surface area contributed by atoms with Crippen LogP contribution in [0.3, 0.4) is 0 Å². The van der Waals surface area contributed by atoms with Gasteiger partial charge in [0.1, 0.15) is 0 Å². The summed E-state index contributed by atoms with van der Waals surface area (Å²) in [4.78, 5) is 16.5. The average Bonchev–Trinajstić information content (AvgIpc) is 3.29. The monoisotopic (exact) mass is 353 g/mol. The van der Waals surface area contributed by atoms with E-state index in [0.29, 0.717) is 28.6 Å². The molecule has 0 N–H and O–H groups in total. The van der Waals surface area contributed by atoms with E-state index in [2.05, 4.69) is 4.99 Å². The lowest BCUT2D eigenvalue weighted by Crippen LogP contribution is -2.05. The van der Waals surface area contributed by atoms with Crippen molar-refractivity contribution in [2.24, 2.45) is 4.99 Å². The third-order valence-corrected chi connectivity index (χ3v) is 3.95. The Balaban J connectivity index is 1.79. The van der Waals surface area contributed by atoms with Crippen molar-refractivity contribution >= 4 is 17.9 Å². The Morgan fingerprint density at radius 1 is 1.08 bits per heavy atom. The lowest BCUT2D eigenvalue weighted by Gasteiger charge is -2.11. The number of carbonyl (C=O) groups excluding carboxylic acids is 1. The Kier molecular flexibility index (Phi) is 3.96. The van der Waals surface area contributed by atoms with Crippen molar-refractivity contribution in [1.82, 2.24) is 0 Å². The van der Waals surface area contributed by atoms with Crippen molar-refractivity contribution in [2.75, 3.05) is 21.0 Å². The van der Waals surface area contributed by atoms with Crippen LogP contribution in [-0.4, -0.2) is 32.9 Å². The van der Waals surface area contributed by atoms with E-state index in [4.69, 9.17) is 23.7 Å². The molecule has 132 valence electrons. The lowest BCUT2D eigenvalue weighted by atomic mass is 10.1. The molecule has 0 radical (unpaired) electrons. The first-order valence-corrected chi connectivity index (χ1v) is 7.84. The van der Waals surface area contributed by atoms with Gasteiger partial charge in [-0.3, -0.25) is 0 Å². The molecule has 0 saturated heterocycles. The van der Waals surface area contributed by atoms with Crippen LogP contribution in [0.25, 0.3) is 6.08 Å². The minimum Gasteiger partial charge on any atom is -0.493 e. The number of methoxy groups -OCH3 is 2. The van der Waals surface area contributed by atoms with Gasteiger partial charge in [0.25, 0.3) is 0 Å². The molecule has 0 amide bonds. The van der Waals surface area contributed by atoms with Gasteiger partial charge in [0.15, 0.2) is 17.2 Å². The molecule has 7 nitrogen and oxygen atoms in total. The standard InChI is InChI=1S/C19H15NO6/c1-22-14-9-12(15(23-2)17-16(14)24-10-25-17)8-13-19(21)26-18(20-13)11-6-4-3-5-7-11/h3-9H,10H2,1-2H3. The molecule has 0 fully saturated rings. The fraction of sp³-hybridized carbons (Fsp3) is 0.158. The van der Waals surface area contributed by atoms with Gasteiger partial charge >= 0.3 is 5.97 Å². The smallest absolute Gasteiger partial charge is 0.363 e. The van der Waals surface area contributed by atoms with Crippen LogP contribution in [0, 0.1) is 0 Å². The molecule has 26 heavy (non-hydrogen) atoms. The lowest BCUT2D eigenvalue weighted by molar-refractivity contribution is -0.129. The average molecular weight is 353 g/mol. The van der Waals surface area contributed by atoms with Gasteiger partial charge in [-0.05, 0) is 24.3 Å². The van der Waals surface area contributed by atoms with Gasteiger partial charge in [0, 0.05) is 11.1 Å². The number of cyclic esters (lactones) is 1. The maximum Gasteiger partial charge on any atom is 0.363 e. The van der Waals surface area contributed by atoms with Crippen LogP contribution in [-0.2, 0) is 9.53 Å². The number of fused-ring (bicyclic) bond motifs is 1. The van der Waals surface area contributed by atoms with Crippen LogP contribution in [0.4, 0.5) is 0 Å². The van der Waals surface area contributed by atoms with Crippen molar-refractivity contribution in [2.45, 2.75) is 0 Å². The highest BCUT2D eigenvalue weighted by atomic mass is 16.7. The van der Waals surface area contributed by atoms with Crippen molar-refractivity contribution < 1.29 is 28.5 Å².